The van der Waals surface area contributed by atoms with Crippen LogP contribution in [0.1, 0.15) is 0 Å². The number of hydrogen-bond acceptors (Lipinski definition) is 9. The van der Waals surface area contributed by atoms with Crippen LogP contribution in [0, 0.1) is 0 Å². The molecule has 2 aromatic heterocycles. The second-order valence-electron chi connectivity index (χ2n) is 7.89. The van der Waals surface area contributed by atoms with Gasteiger partial charge in [-0.3, -0.25) is 19.5 Å². The van der Waals surface area contributed by atoms with Gasteiger partial charge < -0.3 is 25.4 Å². The van der Waals surface area contributed by atoms with Crippen molar-refractivity contribution in [1.29, 1.82) is 0 Å². The molecule has 3 aromatic rings. The number of hydrogen-bond donors (Lipinski definition) is 3. The number of aromatic nitrogens is 2. The highest BCUT2D eigenvalue weighted by molar-refractivity contribution is 8.00. The molecule has 0 radical (unpaired) electrons. The number of fused-ring (bicyclic) bond motifs is 2. The molecule has 1 saturated heterocycles. The number of thioether (sulfide) groups is 1. The second kappa shape index (κ2) is 9.76. The third kappa shape index (κ3) is 4.98. The summed E-state index contributed by atoms with van der Waals surface area (Å²) >= 11 is 1.46. The molecule has 1 aromatic carbocycles. The van der Waals surface area contributed by atoms with Crippen molar-refractivity contribution in [3.8, 4) is 5.88 Å². The molecule has 0 aliphatic carbocycles. The molecule has 0 spiro atoms. The maximum atomic E-state index is 12.5. The molecule has 4 heterocycles. The van der Waals surface area contributed by atoms with Crippen molar-refractivity contribution in [2.75, 3.05) is 48.0 Å². The van der Waals surface area contributed by atoms with E-state index in [0.29, 0.717) is 52.8 Å². The van der Waals surface area contributed by atoms with Gasteiger partial charge in [-0.2, -0.15) is 0 Å². The lowest BCUT2D eigenvalue weighted by Gasteiger charge is -2.20. The number of benzene rings is 1. The van der Waals surface area contributed by atoms with Crippen LogP contribution in [-0.4, -0.2) is 66.5 Å². The van der Waals surface area contributed by atoms with E-state index in [1.54, 1.807) is 30.5 Å². The van der Waals surface area contributed by atoms with Crippen LogP contribution in [0.4, 0.5) is 21.9 Å². The molecule has 0 bridgehead atoms. The van der Waals surface area contributed by atoms with Crippen LogP contribution >= 0.6 is 11.8 Å². The number of anilines is 3. The number of nitrogens with zero attached hydrogens (tertiary/aromatic N) is 3. The number of nitrogens with one attached hydrogen (secondary N) is 3. The molecule has 1 atom stereocenters. The Morgan fingerprint density at radius 2 is 2.17 bits per heavy atom. The van der Waals surface area contributed by atoms with E-state index in [4.69, 9.17) is 9.47 Å². The van der Waals surface area contributed by atoms with Gasteiger partial charge in [0.1, 0.15) is 11.6 Å². The van der Waals surface area contributed by atoms with Crippen LogP contribution in [-0.2, 0) is 14.3 Å². The quantitative estimate of drug-likeness (QED) is 0.452. The first kappa shape index (κ1) is 22.9. The Morgan fingerprint density at radius 1 is 1.29 bits per heavy atom. The third-order valence-corrected chi connectivity index (χ3v) is 6.55. The van der Waals surface area contributed by atoms with E-state index in [9.17, 15) is 14.4 Å². The summed E-state index contributed by atoms with van der Waals surface area (Å²) in [4.78, 5) is 47.6. The molecule has 180 valence electrons. The Hall–Kier alpha value is -3.90. The molecule has 5 rings (SSSR count). The molecule has 35 heavy (non-hydrogen) atoms. The SMILES string of the molecule is COc1ccc2nccc(NC(=O)CNCC3CN(c4ccc5c(c4)NC(=O)CS5)C(=O)O3)c2n1. The summed E-state index contributed by atoms with van der Waals surface area (Å²) in [5.41, 5.74) is 3.02. The topological polar surface area (TPSA) is 135 Å². The zero-order valence-corrected chi connectivity index (χ0v) is 19.6. The molecular weight excluding hydrogens is 472 g/mol. The lowest BCUT2D eigenvalue weighted by molar-refractivity contribution is -0.115. The van der Waals surface area contributed by atoms with Gasteiger partial charge >= 0.3 is 6.09 Å². The first-order valence-corrected chi connectivity index (χ1v) is 11.8. The van der Waals surface area contributed by atoms with Crippen molar-refractivity contribution < 1.29 is 23.9 Å². The largest absolute Gasteiger partial charge is 0.481 e. The highest BCUT2D eigenvalue weighted by Gasteiger charge is 2.33. The molecule has 0 saturated carbocycles. The summed E-state index contributed by atoms with van der Waals surface area (Å²) in [6.45, 7) is 0.645. The van der Waals surface area contributed by atoms with E-state index in [1.807, 2.05) is 12.1 Å². The lowest BCUT2D eigenvalue weighted by Crippen LogP contribution is -2.35. The van der Waals surface area contributed by atoms with E-state index in [2.05, 4.69) is 25.9 Å². The zero-order valence-electron chi connectivity index (χ0n) is 18.7. The fraction of sp³-hybridized carbons (Fsp3) is 0.261. The summed E-state index contributed by atoms with van der Waals surface area (Å²) in [7, 11) is 1.52. The average Bonchev–Trinajstić information content (AvgIpc) is 3.23. The van der Waals surface area contributed by atoms with Crippen molar-refractivity contribution in [2.45, 2.75) is 11.0 Å². The van der Waals surface area contributed by atoms with Gasteiger partial charge in [0.15, 0.2) is 0 Å². The number of carbonyl (C=O) groups excluding carboxylic acids is 3. The average molecular weight is 495 g/mol. The maximum absolute atomic E-state index is 12.5. The zero-order chi connectivity index (χ0) is 24.4. The Kier molecular flexibility index (Phi) is 6.38. The summed E-state index contributed by atoms with van der Waals surface area (Å²) in [5, 5.41) is 8.68. The second-order valence-corrected chi connectivity index (χ2v) is 8.91. The van der Waals surface area contributed by atoms with Gasteiger partial charge in [0.05, 0.1) is 42.8 Å². The Bertz CT molecular complexity index is 1320. The molecule has 12 heteroatoms. The smallest absolute Gasteiger partial charge is 0.414 e. The Labute approximate surface area is 204 Å². The van der Waals surface area contributed by atoms with Crippen LogP contribution in [0.15, 0.2) is 47.5 Å². The third-order valence-electron chi connectivity index (χ3n) is 5.48. The molecule has 3 amide bonds. The highest BCUT2D eigenvalue weighted by Crippen LogP contribution is 2.35. The predicted molar refractivity (Wildman–Crippen MR) is 131 cm³/mol. The van der Waals surface area contributed by atoms with Crippen molar-refractivity contribution >= 4 is 57.8 Å². The standard InChI is InChI=1S/C23H22N6O5S/c1-33-21-5-3-15-22(28-21)16(6-7-25-15)26-19(30)10-24-9-14-11-29(23(32)34-14)13-2-4-18-17(8-13)27-20(31)12-35-18/h2-8,14,24H,9-12H2,1H3,(H,27,31)(H,25,26,30). The first-order valence-electron chi connectivity index (χ1n) is 10.9. The number of amides is 3. The van der Waals surface area contributed by atoms with Gasteiger partial charge in [-0.25, -0.2) is 9.78 Å². The first-order chi connectivity index (χ1) is 17.0. The van der Waals surface area contributed by atoms with Gasteiger partial charge in [0.2, 0.25) is 17.7 Å². The minimum Gasteiger partial charge on any atom is -0.481 e. The number of rotatable bonds is 7. The summed E-state index contributed by atoms with van der Waals surface area (Å²) < 4.78 is 10.6. The number of methoxy groups -OCH3 is 1. The van der Waals surface area contributed by atoms with E-state index >= 15 is 0 Å². The number of carbonyl (C=O) groups is 3. The fourth-order valence-corrected chi connectivity index (χ4v) is 4.63. The molecular formula is C23H22N6O5S. The summed E-state index contributed by atoms with van der Waals surface area (Å²) in [6, 6.07) is 10.6. The Morgan fingerprint density at radius 3 is 3.03 bits per heavy atom. The fourth-order valence-electron chi connectivity index (χ4n) is 3.84. The van der Waals surface area contributed by atoms with Gasteiger partial charge in [0, 0.05) is 29.4 Å². The normalized spacial score (nSPS) is 17.1. The highest BCUT2D eigenvalue weighted by atomic mass is 32.2. The maximum Gasteiger partial charge on any atom is 0.414 e. The molecule has 1 fully saturated rings. The summed E-state index contributed by atoms with van der Waals surface area (Å²) in [5.74, 6) is 0.457. The lowest BCUT2D eigenvalue weighted by atomic mass is 10.2. The van der Waals surface area contributed by atoms with E-state index in [-0.39, 0.29) is 18.4 Å². The van der Waals surface area contributed by atoms with Crippen LogP contribution in [0.5, 0.6) is 5.88 Å². The molecule has 11 nitrogen and oxygen atoms in total. The molecule has 3 N–H and O–H groups in total. The van der Waals surface area contributed by atoms with Crippen LogP contribution in [0.2, 0.25) is 0 Å². The van der Waals surface area contributed by atoms with Crippen molar-refractivity contribution in [1.82, 2.24) is 15.3 Å². The minimum atomic E-state index is -0.473. The van der Waals surface area contributed by atoms with Gasteiger partial charge in [-0.05, 0) is 30.3 Å². The molecule has 2 aliphatic heterocycles. The van der Waals surface area contributed by atoms with Crippen LogP contribution in [0.25, 0.3) is 11.0 Å². The van der Waals surface area contributed by atoms with Crippen molar-refractivity contribution in [3.05, 3.63) is 42.6 Å². The van der Waals surface area contributed by atoms with E-state index < -0.39 is 12.2 Å². The van der Waals surface area contributed by atoms with Gasteiger partial charge in [-0.15, -0.1) is 11.8 Å². The van der Waals surface area contributed by atoms with Gasteiger partial charge in [-0.1, -0.05) is 0 Å². The number of pyridine rings is 2. The van der Waals surface area contributed by atoms with E-state index in [1.165, 1.54) is 23.8 Å². The summed E-state index contributed by atoms with van der Waals surface area (Å²) in [6.07, 6.45) is 0.693. The molecule has 1 unspecified atom stereocenters. The van der Waals surface area contributed by atoms with Crippen LogP contribution in [0.3, 0.4) is 0 Å². The van der Waals surface area contributed by atoms with Crippen molar-refractivity contribution in [3.63, 3.8) is 0 Å². The monoisotopic (exact) mass is 494 g/mol. The Balaban J connectivity index is 1.15. The van der Waals surface area contributed by atoms with Gasteiger partial charge in [0.25, 0.3) is 0 Å². The number of ether oxygens (including phenoxy) is 2. The van der Waals surface area contributed by atoms with E-state index in [0.717, 1.165) is 4.90 Å². The molecule has 2 aliphatic rings. The van der Waals surface area contributed by atoms with Crippen molar-refractivity contribution in [2.24, 2.45) is 0 Å². The minimum absolute atomic E-state index is 0.0178. The number of cyclic esters (lactones) is 1. The predicted octanol–water partition coefficient (Wildman–Crippen LogP) is 2.24. The van der Waals surface area contributed by atoms with Crippen LogP contribution < -0.4 is 25.6 Å².